The summed E-state index contributed by atoms with van der Waals surface area (Å²) in [4.78, 5) is 0. The van der Waals surface area contributed by atoms with Crippen LogP contribution in [0.15, 0.2) is 0 Å². The van der Waals surface area contributed by atoms with Crippen molar-refractivity contribution in [3.05, 3.63) is 0 Å². The molecule has 0 aliphatic heterocycles. The van der Waals surface area contributed by atoms with E-state index in [-0.39, 0.29) is 6.54 Å². The summed E-state index contributed by atoms with van der Waals surface area (Å²) in [6, 6.07) is 0.318. The predicted octanol–water partition coefficient (Wildman–Crippen LogP) is 2.31. The molecule has 0 saturated heterocycles. The molecule has 2 nitrogen and oxygen atoms in total. The van der Waals surface area contributed by atoms with Crippen molar-refractivity contribution in [3.8, 4) is 0 Å². The monoisotopic (exact) mass is 221 g/mol. The van der Waals surface area contributed by atoms with Gasteiger partial charge in [0.2, 0.25) is 0 Å². The van der Waals surface area contributed by atoms with Crippen LogP contribution in [0.5, 0.6) is 0 Å². The van der Waals surface area contributed by atoms with Gasteiger partial charge in [-0.2, -0.15) is 0 Å². The van der Waals surface area contributed by atoms with Crippen molar-refractivity contribution in [1.82, 2.24) is 5.32 Å². The number of aliphatic hydroxyl groups excluding tert-OH is 1. The molecule has 0 bridgehead atoms. The van der Waals surface area contributed by atoms with Crippen LogP contribution in [0.1, 0.15) is 44.9 Å². The molecule has 2 N–H and O–H groups in total. The second-order valence-corrected chi connectivity index (χ2v) is 4.35. The highest BCUT2D eigenvalue weighted by Gasteiger charge is 2.18. The average molecular weight is 221 g/mol. The molecule has 0 amide bonds. The molecule has 0 spiro atoms. The second kappa shape index (κ2) is 7.12. The lowest BCUT2D eigenvalue weighted by Crippen LogP contribution is -2.38. The van der Waals surface area contributed by atoms with Crippen LogP contribution in [-0.2, 0) is 0 Å². The molecule has 0 aromatic rings. The first-order chi connectivity index (χ1) is 7.20. The van der Waals surface area contributed by atoms with Crippen LogP contribution >= 0.6 is 0 Å². The van der Waals surface area contributed by atoms with Crippen molar-refractivity contribution in [1.29, 1.82) is 0 Å². The SMILES string of the molecule is OC(CNC1CCCCCCC1)C(F)F. The Balaban J connectivity index is 2.17. The van der Waals surface area contributed by atoms with Crippen molar-refractivity contribution in [2.45, 2.75) is 63.5 Å². The van der Waals surface area contributed by atoms with E-state index < -0.39 is 12.5 Å². The molecule has 0 aromatic carbocycles. The third kappa shape index (κ3) is 5.42. The first-order valence-electron chi connectivity index (χ1n) is 5.89. The number of hydrogen-bond donors (Lipinski definition) is 2. The Bertz CT molecular complexity index is 159. The Morgan fingerprint density at radius 2 is 1.60 bits per heavy atom. The van der Waals surface area contributed by atoms with Crippen LogP contribution in [0.4, 0.5) is 8.78 Å². The van der Waals surface area contributed by atoms with Gasteiger partial charge in [-0.15, -0.1) is 0 Å². The lowest BCUT2D eigenvalue weighted by Gasteiger charge is -2.22. The Hall–Kier alpha value is -0.220. The number of alkyl halides is 2. The fourth-order valence-electron chi connectivity index (χ4n) is 2.04. The summed E-state index contributed by atoms with van der Waals surface area (Å²) in [5, 5.41) is 12.0. The van der Waals surface area contributed by atoms with Crippen LogP contribution in [-0.4, -0.2) is 30.2 Å². The number of halogens is 2. The minimum atomic E-state index is -2.63. The molecule has 1 saturated carbocycles. The molecule has 4 heteroatoms. The molecule has 1 atom stereocenters. The molecular weight excluding hydrogens is 200 g/mol. The standard InChI is InChI=1S/C11H21F2NO/c12-11(13)10(15)8-14-9-6-4-2-1-3-5-7-9/h9-11,14-15H,1-8H2. The van der Waals surface area contributed by atoms with E-state index in [1.165, 1.54) is 32.1 Å². The van der Waals surface area contributed by atoms with Crippen LogP contribution < -0.4 is 5.32 Å². The van der Waals surface area contributed by atoms with Crippen LogP contribution in [0.25, 0.3) is 0 Å². The zero-order chi connectivity index (χ0) is 11.1. The fraction of sp³-hybridized carbons (Fsp3) is 1.00. The van der Waals surface area contributed by atoms with E-state index in [9.17, 15) is 8.78 Å². The van der Waals surface area contributed by atoms with Crippen molar-refractivity contribution >= 4 is 0 Å². The van der Waals surface area contributed by atoms with Crippen LogP contribution in [0.3, 0.4) is 0 Å². The number of aliphatic hydroxyl groups is 1. The summed E-state index contributed by atoms with van der Waals surface area (Å²) in [6.07, 6.45) is 4.08. The molecule has 1 aliphatic carbocycles. The van der Waals surface area contributed by atoms with E-state index in [1.807, 2.05) is 0 Å². The Morgan fingerprint density at radius 3 is 2.13 bits per heavy atom. The first kappa shape index (κ1) is 12.8. The van der Waals surface area contributed by atoms with E-state index in [4.69, 9.17) is 5.11 Å². The molecule has 1 fully saturated rings. The van der Waals surface area contributed by atoms with Crippen LogP contribution in [0.2, 0.25) is 0 Å². The number of hydrogen-bond acceptors (Lipinski definition) is 2. The van der Waals surface area contributed by atoms with Gasteiger partial charge in [0.1, 0.15) is 6.10 Å². The summed E-state index contributed by atoms with van der Waals surface area (Å²) in [6.45, 7) is 0.0162. The summed E-state index contributed by atoms with van der Waals surface area (Å²) >= 11 is 0. The average Bonchev–Trinajstić information content (AvgIpc) is 2.15. The highest BCUT2D eigenvalue weighted by atomic mass is 19.3. The van der Waals surface area contributed by atoms with Gasteiger partial charge < -0.3 is 10.4 Å². The maximum atomic E-state index is 12.0. The minimum Gasteiger partial charge on any atom is -0.386 e. The molecule has 1 aliphatic rings. The van der Waals surface area contributed by atoms with Gasteiger partial charge in [0.05, 0.1) is 0 Å². The summed E-state index contributed by atoms with van der Waals surface area (Å²) in [5.41, 5.74) is 0. The zero-order valence-electron chi connectivity index (χ0n) is 9.09. The molecule has 1 unspecified atom stereocenters. The highest BCUT2D eigenvalue weighted by Crippen LogP contribution is 2.17. The maximum Gasteiger partial charge on any atom is 0.265 e. The summed E-state index contributed by atoms with van der Waals surface area (Å²) in [7, 11) is 0. The maximum absolute atomic E-state index is 12.0. The van der Waals surface area contributed by atoms with Crippen LogP contribution in [0, 0.1) is 0 Å². The Kier molecular flexibility index (Phi) is 6.10. The second-order valence-electron chi connectivity index (χ2n) is 4.35. The fourth-order valence-corrected chi connectivity index (χ4v) is 2.04. The van der Waals surface area contributed by atoms with E-state index in [1.54, 1.807) is 0 Å². The van der Waals surface area contributed by atoms with Gasteiger partial charge >= 0.3 is 0 Å². The summed E-state index contributed by atoms with van der Waals surface area (Å²) in [5.74, 6) is 0. The molecule has 15 heavy (non-hydrogen) atoms. The Labute approximate surface area is 90.1 Å². The van der Waals surface area contributed by atoms with E-state index in [0.717, 1.165) is 12.8 Å². The third-order valence-electron chi connectivity index (χ3n) is 3.01. The number of rotatable bonds is 4. The lowest BCUT2D eigenvalue weighted by molar-refractivity contribution is -0.00498. The highest BCUT2D eigenvalue weighted by molar-refractivity contribution is 4.72. The van der Waals surface area contributed by atoms with Gasteiger partial charge in [-0.1, -0.05) is 32.1 Å². The number of nitrogens with one attached hydrogen (secondary N) is 1. The summed E-state index contributed by atoms with van der Waals surface area (Å²) < 4.78 is 24.1. The molecular formula is C11H21F2NO. The van der Waals surface area contributed by atoms with Gasteiger partial charge in [0.25, 0.3) is 6.43 Å². The molecule has 0 radical (unpaired) electrons. The molecule has 90 valence electrons. The van der Waals surface area contributed by atoms with Crippen molar-refractivity contribution in [2.24, 2.45) is 0 Å². The zero-order valence-corrected chi connectivity index (χ0v) is 9.09. The van der Waals surface area contributed by atoms with Crippen molar-refractivity contribution < 1.29 is 13.9 Å². The van der Waals surface area contributed by atoms with Crippen molar-refractivity contribution in [3.63, 3.8) is 0 Å². The van der Waals surface area contributed by atoms with E-state index in [2.05, 4.69) is 5.32 Å². The van der Waals surface area contributed by atoms with E-state index >= 15 is 0 Å². The quantitative estimate of drug-likeness (QED) is 0.763. The van der Waals surface area contributed by atoms with Gasteiger partial charge in [0, 0.05) is 12.6 Å². The largest absolute Gasteiger partial charge is 0.386 e. The molecule has 0 heterocycles. The smallest absolute Gasteiger partial charge is 0.265 e. The van der Waals surface area contributed by atoms with E-state index in [0.29, 0.717) is 6.04 Å². The molecule has 1 rings (SSSR count). The Morgan fingerprint density at radius 1 is 1.07 bits per heavy atom. The van der Waals surface area contributed by atoms with Gasteiger partial charge in [0.15, 0.2) is 0 Å². The third-order valence-corrected chi connectivity index (χ3v) is 3.01. The molecule has 0 aromatic heterocycles. The van der Waals surface area contributed by atoms with Gasteiger partial charge in [-0.3, -0.25) is 0 Å². The first-order valence-corrected chi connectivity index (χ1v) is 5.89. The topological polar surface area (TPSA) is 32.3 Å². The van der Waals surface area contributed by atoms with Gasteiger partial charge in [-0.05, 0) is 12.8 Å². The van der Waals surface area contributed by atoms with Gasteiger partial charge in [-0.25, -0.2) is 8.78 Å². The van der Waals surface area contributed by atoms with Crippen molar-refractivity contribution in [2.75, 3.05) is 6.54 Å². The minimum absolute atomic E-state index is 0.0162. The predicted molar refractivity (Wildman–Crippen MR) is 56.1 cm³/mol. The lowest BCUT2D eigenvalue weighted by atomic mass is 9.96. The normalized spacial score (nSPS) is 22.4.